The van der Waals surface area contributed by atoms with Crippen LogP contribution in [0.4, 0.5) is 5.69 Å². The SMILES string of the molecule is O=C(Cc1ccccc1Br)NCC(=O)Nc1ccc(Cl)cc1. The van der Waals surface area contributed by atoms with E-state index >= 15 is 0 Å². The van der Waals surface area contributed by atoms with E-state index in [1.807, 2.05) is 24.3 Å². The van der Waals surface area contributed by atoms with Crippen molar-refractivity contribution in [1.82, 2.24) is 5.32 Å². The van der Waals surface area contributed by atoms with E-state index in [1.54, 1.807) is 24.3 Å². The molecule has 4 nitrogen and oxygen atoms in total. The van der Waals surface area contributed by atoms with Gasteiger partial charge in [0.1, 0.15) is 0 Å². The van der Waals surface area contributed by atoms with E-state index < -0.39 is 0 Å². The molecule has 0 aliphatic rings. The summed E-state index contributed by atoms with van der Waals surface area (Å²) in [7, 11) is 0. The third-order valence-corrected chi connectivity index (χ3v) is 3.91. The fraction of sp³-hybridized carbons (Fsp3) is 0.125. The Balaban J connectivity index is 1.79. The maximum atomic E-state index is 11.8. The summed E-state index contributed by atoms with van der Waals surface area (Å²) >= 11 is 9.15. The van der Waals surface area contributed by atoms with E-state index in [2.05, 4.69) is 26.6 Å². The van der Waals surface area contributed by atoms with Crippen LogP contribution in [0.3, 0.4) is 0 Å². The van der Waals surface area contributed by atoms with Crippen molar-refractivity contribution in [2.75, 3.05) is 11.9 Å². The minimum atomic E-state index is -0.289. The van der Waals surface area contributed by atoms with Gasteiger partial charge >= 0.3 is 0 Å². The fourth-order valence-electron chi connectivity index (χ4n) is 1.79. The first kappa shape index (κ1) is 16.5. The molecule has 0 heterocycles. The minimum absolute atomic E-state index is 0.0775. The Labute approximate surface area is 142 Å². The van der Waals surface area contributed by atoms with Crippen LogP contribution in [0.1, 0.15) is 5.56 Å². The van der Waals surface area contributed by atoms with E-state index in [0.717, 1.165) is 10.0 Å². The van der Waals surface area contributed by atoms with Crippen molar-refractivity contribution >= 4 is 45.0 Å². The summed E-state index contributed by atoms with van der Waals surface area (Å²) in [5.41, 5.74) is 1.51. The maximum Gasteiger partial charge on any atom is 0.243 e. The molecule has 0 bridgehead atoms. The van der Waals surface area contributed by atoms with Crippen molar-refractivity contribution in [2.45, 2.75) is 6.42 Å². The van der Waals surface area contributed by atoms with Gasteiger partial charge in [0.05, 0.1) is 13.0 Å². The molecule has 0 aliphatic heterocycles. The molecule has 0 fully saturated rings. The van der Waals surface area contributed by atoms with Crippen LogP contribution in [0.25, 0.3) is 0 Å². The van der Waals surface area contributed by atoms with E-state index in [0.29, 0.717) is 10.7 Å². The topological polar surface area (TPSA) is 58.2 Å². The number of carbonyl (C=O) groups excluding carboxylic acids is 2. The van der Waals surface area contributed by atoms with Crippen LogP contribution in [-0.4, -0.2) is 18.4 Å². The van der Waals surface area contributed by atoms with Gasteiger partial charge in [-0.3, -0.25) is 9.59 Å². The monoisotopic (exact) mass is 380 g/mol. The Morgan fingerprint density at radius 3 is 2.36 bits per heavy atom. The molecule has 2 aromatic rings. The van der Waals surface area contributed by atoms with Gasteiger partial charge in [-0.2, -0.15) is 0 Å². The number of rotatable bonds is 5. The van der Waals surface area contributed by atoms with Crippen LogP contribution in [0.2, 0.25) is 5.02 Å². The highest BCUT2D eigenvalue weighted by molar-refractivity contribution is 9.10. The summed E-state index contributed by atoms with van der Waals surface area (Å²) in [6.45, 7) is -0.0775. The number of amides is 2. The molecular weight excluding hydrogens is 368 g/mol. The lowest BCUT2D eigenvalue weighted by molar-refractivity contribution is -0.123. The zero-order valence-corrected chi connectivity index (χ0v) is 13.9. The van der Waals surface area contributed by atoms with Crippen molar-refractivity contribution in [3.63, 3.8) is 0 Å². The molecule has 6 heteroatoms. The van der Waals surface area contributed by atoms with Crippen LogP contribution in [0.15, 0.2) is 53.0 Å². The largest absolute Gasteiger partial charge is 0.347 e. The molecule has 0 spiro atoms. The number of anilines is 1. The van der Waals surface area contributed by atoms with Crippen LogP contribution in [0, 0.1) is 0 Å². The number of hydrogen-bond donors (Lipinski definition) is 2. The summed E-state index contributed by atoms with van der Waals surface area (Å²) in [5.74, 6) is -0.499. The average molecular weight is 382 g/mol. The molecule has 0 aliphatic carbocycles. The van der Waals surface area contributed by atoms with E-state index in [1.165, 1.54) is 0 Å². The average Bonchev–Trinajstić information content (AvgIpc) is 2.50. The second-order valence-corrected chi connectivity index (χ2v) is 5.89. The highest BCUT2D eigenvalue weighted by Gasteiger charge is 2.08. The molecule has 0 aromatic heterocycles. The van der Waals surface area contributed by atoms with Gasteiger partial charge in [-0.15, -0.1) is 0 Å². The lowest BCUT2D eigenvalue weighted by Crippen LogP contribution is -2.33. The van der Waals surface area contributed by atoms with Gasteiger partial charge < -0.3 is 10.6 Å². The van der Waals surface area contributed by atoms with Crippen LogP contribution in [-0.2, 0) is 16.0 Å². The normalized spacial score (nSPS) is 10.1. The second kappa shape index (κ2) is 7.96. The van der Waals surface area contributed by atoms with Gasteiger partial charge in [-0.05, 0) is 35.9 Å². The van der Waals surface area contributed by atoms with E-state index in [-0.39, 0.29) is 24.8 Å². The van der Waals surface area contributed by atoms with Crippen molar-refractivity contribution in [1.29, 1.82) is 0 Å². The highest BCUT2D eigenvalue weighted by Crippen LogP contribution is 2.16. The van der Waals surface area contributed by atoms with Gasteiger partial charge in [0.25, 0.3) is 0 Å². The van der Waals surface area contributed by atoms with Crippen LogP contribution in [0.5, 0.6) is 0 Å². The molecule has 22 heavy (non-hydrogen) atoms. The molecule has 2 amide bonds. The third kappa shape index (κ3) is 5.16. The molecule has 2 rings (SSSR count). The molecule has 0 radical (unpaired) electrons. The van der Waals surface area contributed by atoms with Gasteiger partial charge in [0, 0.05) is 15.2 Å². The standard InChI is InChI=1S/C16H14BrClN2O2/c17-14-4-2-1-3-11(14)9-15(21)19-10-16(22)20-13-7-5-12(18)6-8-13/h1-8H,9-10H2,(H,19,21)(H,20,22). The Bertz CT molecular complexity index is 674. The predicted octanol–water partition coefficient (Wildman–Crippen LogP) is 3.40. The van der Waals surface area contributed by atoms with Crippen molar-refractivity contribution in [2.24, 2.45) is 0 Å². The first-order valence-electron chi connectivity index (χ1n) is 6.60. The summed E-state index contributed by atoms with van der Waals surface area (Å²) in [4.78, 5) is 23.6. The number of nitrogens with one attached hydrogen (secondary N) is 2. The summed E-state index contributed by atoms with van der Waals surface area (Å²) < 4.78 is 0.871. The fourth-order valence-corrected chi connectivity index (χ4v) is 2.35. The predicted molar refractivity (Wildman–Crippen MR) is 90.9 cm³/mol. The highest BCUT2D eigenvalue weighted by atomic mass is 79.9. The quantitative estimate of drug-likeness (QED) is 0.834. The first-order chi connectivity index (χ1) is 10.5. The molecule has 0 unspecified atom stereocenters. The Morgan fingerprint density at radius 1 is 1.00 bits per heavy atom. The number of hydrogen-bond acceptors (Lipinski definition) is 2. The molecule has 0 saturated carbocycles. The zero-order chi connectivity index (χ0) is 15.9. The van der Waals surface area contributed by atoms with Crippen LogP contribution < -0.4 is 10.6 Å². The molecule has 0 atom stereocenters. The molecule has 0 saturated heterocycles. The molecule has 114 valence electrons. The van der Waals surface area contributed by atoms with Gasteiger partial charge in [-0.25, -0.2) is 0 Å². The molecule has 2 N–H and O–H groups in total. The van der Waals surface area contributed by atoms with Crippen molar-refractivity contribution in [3.05, 3.63) is 63.6 Å². The number of halogens is 2. The van der Waals surface area contributed by atoms with Gasteiger partial charge in [0.2, 0.25) is 11.8 Å². The lowest BCUT2D eigenvalue weighted by Gasteiger charge is -2.08. The third-order valence-electron chi connectivity index (χ3n) is 2.88. The second-order valence-electron chi connectivity index (χ2n) is 4.60. The Kier molecular flexibility index (Phi) is 5.98. The number of benzene rings is 2. The molecular formula is C16H14BrClN2O2. The van der Waals surface area contributed by atoms with Crippen molar-refractivity contribution in [3.8, 4) is 0 Å². The van der Waals surface area contributed by atoms with Crippen LogP contribution >= 0.6 is 27.5 Å². The van der Waals surface area contributed by atoms with E-state index in [9.17, 15) is 9.59 Å². The van der Waals surface area contributed by atoms with Gasteiger partial charge in [-0.1, -0.05) is 45.7 Å². The molecule has 2 aromatic carbocycles. The smallest absolute Gasteiger partial charge is 0.243 e. The van der Waals surface area contributed by atoms with Crippen molar-refractivity contribution < 1.29 is 9.59 Å². The van der Waals surface area contributed by atoms with Gasteiger partial charge in [0.15, 0.2) is 0 Å². The Morgan fingerprint density at radius 2 is 1.68 bits per heavy atom. The zero-order valence-electron chi connectivity index (χ0n) is 11.6. The summed E-state index contributed by atoms with van der Waals surface area (Å²) in [6, 6.07) is 14.2. The minimum Gasteiger partial charge on any atom is -0.347 e. The summed E-state index contributed by atoms with van der Waals surface area (Å²) in [6.07, 6.45) is 0.218. The summed E-state index contributed by atoms with van der Waals surface area (Å²) in [5, 5.41) is 5.87. The van der Waals surface area contributed by atoms with E-state index in [4.69, 9.17) is 11.6 Å². The first-order valence-corrected chi connectivity index (χ1v) is 7.77. The Hall–Kier alpha value is -1.85. The number of carbonyl (C=O) groups is 2. The lowest BCUT2D eigenvalue weighted by atomic mass is 10.1. The maximum absolute atomic E-state index is 11.8.